The number of anilines is 2. The molecule has 0 bridgehead atoms. The van der Waals surface area contributed by atoms with Crippen molar-refractivity contribution < 1.29 is 31.9 Å². The highest BCUT2D eigenvalue weighted by Crippen LogP contribution is 2.36. The van der Waals surface area contributed by atoms with Crippen LogP contribution in [0.2, 0.25) is 0 Å². The third-order valence-electron chi connectivity index (χ3n) is 5.26. The molecule has 2 heterocycles. The van der Waals surface area contributed by atoms with Crippen molar-refractivity contribution in [3.05, 3.63) is 72.2 Å². The van der Waals surface area contributed by atoms with Crippen LogP contribution in [0.25, 0.3) is 0 Å². The van der Waals surface area contributed by atoms with Gasteiger partial charge in [-0.2, -0.15) is 0 Å². The van der Waals surface area contributed by atoms with Crippen LogP contribution in [0.3, 0.4) is 0 Å². The van der Waals surface area contributed by atoms with E-state index in [1.54, 1.807) is 54.6 Å². The van der Waals surface area contributed by atoms with Gasteiger partial charge in [0.15, 0.2) is 11.5 Å². The van der Waals surface area contributed by atoms with Crippen LogP contribution in [-0.2, 0) is 21.4 Å². The number of rotatable bonds is 10. The topological polar surface area (TPSA) is 127 Å². The summed E-state index contributed by atoms with van der Waals surface area (Å²) in [5.41, 5.74) is 1.10. The number of hydrogen-bond donors (Lipinski definition) is 2. The smallest absolute Gasteiger partial charge is 0.253 e. The summed E-state index contributed by atoms with van der Waals surface area (Å²) in [5, 5.41) is 5.49. The normalized spacial score (nSPS) is 12.3. The van der Waals surface area contributed by atoms with Gasteiger partial charge in [-0.25, -0.2) is 8.42 Å². The van der Waals surface area contributed by atoms with E-state index in [1.165, 1.54) is 10.6 Å². The lowest BCUT2D eigenvalue weighted by Gasteiger charge is -2.22. The van der Waals surface area contributed by atoms with Gasteiger partial charge in [-0.05, 0) is 42.8 Å². The first-order valence-electron chi connectivity index (χ1n) is 10.9. The van der Waals surface area contributed by atoms with Crippen molar-refractivity contribution in [1.82, 2.24) is 5.32 Å². The fourth-order valence-electron chi connectivity index (χ4n) is 3.59. The molecule has 11 heteroatoms. The Morgan fingerprint density at radius 2 is 1.83 bits per heavy atom. The number of benzene rings is 2. The van der Waals surface area contributed by atoms with Crippen LogP contribution in [0, 0.1) is 0 Å². The van der Waals surface area contributed by atoms with Crippen LogP contribution in [-0.4, -0.2) is 39.8 Å². The lowest BCUT2D eigenvalue weighted by Crippen LogP contribution is -2.31. The summed E-state index contributed by atoms with van der Waals surface area (Å²) >= 11 is 0. The second-order valence-corrected chi connectivity index (χ2v) is 9.74. The zero-order chi connectivity index (χ0) is 24.8. The van der Waals surface area contributed by atoms with Gasteiger partial charge in [0, 0.05) is 19.0 Å². The van der Waals surface area contributed by atoms with Gasteiger partial charge in [-0.1, -0.05) is 12.1 Å². The molecule has 0 radical (unpaired) electrons. The highest BCUT2D eigenvalue weighted by Gasteiger charge is 2.22. The molecule has 0 unspecified atom stereocenters. The second-order valence-electron chi connectivity index (χ2n) is 7.83. The first-order chi connectivity index (χ1) is 16.8. The summed E-state index contributed by atoms with van der Waals surface area (Å²) in [6.45, 7) is 0.395. The average Bonchev–Trinajstić information content (AvgIpc) is 3.51. The molecule has 1 aromatic heterocycles. The molecule has 2 N–H and O–H groups in total. The standard InChI is InChI=1S/C24H25N3O7S/c1-35(30,31)27(17-10-11-21-22(14-17)34-16-33-21)12-4-9-23(28)26-20-8-3-2-7-19(20)24(29)25-15-18-6-5-13-32-18/h2-3,5-8,10-11,13-14H,4,9,12,15-16H2,1H3,(H,25,29)(H,26,28). The maximum Gasteiger partial charge on any atom is 0.253 e. The summed E-state index contributed by atoms with van der Waals surface area (Å²) in [6.07, 6.45) is 2.95. The molecule has 0 aliphatic carbocycles. The van der Waals surface area contributed by atoms with E-state index in [2.05, 4.69) is 10.6 Å². The lowest BCUT2D eigenvalue weighted by atomic mass is 10.1. The maximum atomic E-state index is 12.6. The van der Waals surface area contributed by atoms with Gasteiger partial charge in [0.25, 0.3) is 5.91 Å². The van der Waals surface area contributed by atoms with Crippen molar-refractivity contribution in [2.75, 3.05) is 29.2 Å². The van der Waals surface area contributed by atoms with E-state index in [4.69, 9.17) is 13.9 Å². The van der Waals surface area contributed by atoms with Crippen molar-refractivity contribution in [2.45, 2.75) is 19.4 Å². The Morgan fingerprint density at radius 1 is 1.03 bits per heavy atom. The summed E-state index contributed by atoms with van der Waals surface area (Å²) in [6, 6.07) is 15.0. The van der Waals surface area contributed by atoms with E-state index in [9.17, 15) is 18.0 Å². The number of nitrogens with zero attached hydrogens (tertiary/aromatic N) is 1. The minimum absolute atomic E-state index is 0.0545. The molecule has 10 nitrogen and oxygen atoms in total. The molecule has 0 saturated heterocycles. The molecule has 184 valence electrons. The van der Waals surface area contributed by atoms with Gasteiger partial charge < -0.3 is 24.5 Å². The predicted octanol–water partition coefficient (Wildman–Crippen LogP) is 3.12. The molecule has 2 amide bonds. The summed E-state index contributed by atoms with van der Waals surface area (Å²) < 4.78 is 41.8. The Hall–Kier alpha value is -3.99. The van der Waals surface area contributed by atoms with E-state index in [1.807, 2.05) is 0 Å². The van der Waals surface area contributed by atoms with Gasteiger partial charge >= 0.3 is 0 Å². The molecule has 1 aliphatic rings. The van der Waals surface area contributed by atoms with Crippen LogP contribution in [0.5, 0.6) is 11.5 Å². The van der Waals surface area contributed by atoms with Crippen LogP contribution >= 0.6 is 0 Å². The molecular weight excluding hydrogens is 474 g/mol. The number of carbonyl (C=O) groups is 2. The molecule has 0 saturated carbocycles. The number of amides is 2. The van der Waals surface area contributed by atoms with E-state index in [0.29, 0.717) is 34.2 Å². The van der Waals surface area contributed by atoms with Crippen molar-refractivity contribution in [3.8, 4) is 11.5 Å². The van der Waals surface area contributed by atoms with Crippen LogP contribution in [0.15, 0.2) is 65.3 Å². The van der Waals surface area contributed by atoms with E-state index in [-0.39, 0.29) is 44.5 Å². The SMILES string of the molecule is CS(=O)(=O)N(CCCC(=O)Nc1ccccc1C(=O)NCc1ccco1)c1ccc2c(c1)OCO2. The van der Waals surface area contributed by atoms with Gasteiger partial charge in [-0.3, -0.25) is 13.9 Å². The Kier molecular flexibility index (Phi) is 7.25. The zero-order valence-corrected chi connectivity index (χ0v) is 19.8. The highest BCUT2D eigenvalue weighted by atomic mass is 32.2. The minimum atomic E-state index is -3.59. The van der Waals surface area contributed by atoms with E-state index in [0.717, 1.165) is 6.26 Å². The Bertz CT molecular complexity index is 1310. The monoisotopic (exact) mass is 499 g/mol. The number of sulfonamides is 1. The maximum absolute atomic E-state index is 12.6. The van der Waals surface area contributed by atoms with Crippen LogP contribution in [0.1, 0.15) is 29.0 Å². The molecule has 0 atom stereocenters. The first kappa shape index (κ1) is 24.1. The molecule has 1 aliphatic heterocycles. The number of hydrogen-bond acceptors (Lipinski definition) is 7. The van der Waals surface area contributed by atoms with Crippen molar-refractivity contribution in [1.29, 1.82) is 0 Å². The molecule has 0 spiro atoms. The first-order valence-corrected chi connectivity index (χ1v) is 12.7. The molecule has 2 aromatic carbocycles. The highest BCUT2D eigenvalue weighted by molar-refractivity contribution is 7.92. The summed E-state index contributed by atoms with van der Waals surface area (Å²) in [5.74, 6) is 0.931. The largest absolute Gasteiger partial charge is 0.467 e. The molecular formula is C24H25N3O7S. The van der Waals surface area contributed by atoms with Crippen molar-refractivity contribution in [2.24, 2.45) is 0 Å². The van der Waals surface area contributed by atoms with Crippen LogP contribution in [0.4, 0.5) is 11.4 Å². The molecule has 4 rings (SSSR count). The molecule has 3 aromatic rings. The lowest BCUT2D eigenvalue weighted by molar-refractivity contribution is -0.116. The average molecular weight is 500 g/mol. The quantitative estimate of drug-likeness (QED) is 0.439. The van der Waals surface area contributed by atoms with Crippen LogP contribution < -0.4 is 24.4 Å². The second kappa shape index (κ2) is 10.5. The number of furan rings is 1. The number of fused-ring (bicyclic) bond motifs is 1. The molecule has 35 heavy (non-hydrogen) atoms. The van der Waals surface area contributed by atoms with Crippen molar-refractivity contribution >= 4 is 33.2 Å². The van der Waals surface area contributed by atoms with Gasteiger partial charge in [0.05, 0.1) is 36.0 Å². The number of carbonyl (C=O) groups excluding carboxylic acids is 2. The third kappa shape index (κ3) is 6.12. The fraction of sp³-hybridized carbons (Fsp3) is 0.250. The van der Waals surface area contributed by atoms with Crippen molar-refractivity contribution in [3.63, 3.8) is 0 Å². The minimum Gasteiger partial charge on any atom is -0.467 e. The summed E-state index contributed by atoms with van der Waals surface area (Å²) in [7, 11) is -3.59. The van der Waals surface area contributed by atoms with E-state index >= 15 is 0 Å². The number of nitrogens with one attached hydrogen (secondary N) is 2. The molecule has 0 fully saturated rings. The third-order valence-corrected chi connectivity index (χ3v) is 6.45. The number of ether oxygens (including phenoxy) is 2. The number of para-hydroxylation sites is 1. The van der Waals surface area contributed by atoms with Gasteiger partial charge in [-0.15, -0.1) is 0 Å². The Balaban J connectivity index is 1.35. The zero-order valence-electron chi connectivity index (χ0n) is 19.0. The summed E-state index contributed by atoms with van der Waals surface area (Å²) in [4.78, 5) is 25.2. The Labute approximate surface area is 202 Å². The van der Waals surface area contributed by atoms with E-state index < -0.39 is 10.0 Å². The fourth-order valence-corrected chi connectivity index (χ4v) is 4.55. The predicted molar refractivity (Wildman–Crippen MR) is 129 cm³/mol. The van der Waals surface area contributed by atoms with Gasteiger partial charge in [0.2, 0.25) is 22.7 Å². The Morgan fingerprint density at radius 3 is 2.60 bits per heavy atom. The van der Waals surface area contributed by atoms with Gasteiger partial charge in [0.1, 0.15) is 5.76 Å².